The fourth-order valence-corrected chi connectivity index (χ4v) is 2.98. The summed E-state index contributed by atoms with van der Waals surface area (Å²) in [5.41, 5.74) is 3.26. The van der Waals surface area contributed by atoms with Crippen LogP contribution in [0.2, 0.25) is 0 Å². The number of hydrogen-bond donors (Lipinski definition) is 0. The van der Waals surface area contributed by atoms with Gasteiger partial charge in [0.05, 0.1) is 6.54 Å². The van der Waals surface area contributed by atoms with E-state index in [9.17, 15) is 9.59 Å². The van der Waals surface area contributed by atoms with E-state index in [4.69, 9.17) is 0 Å². The van der Waals surface area contributed by atoms with Crippen LogP contribution in [0.1, 0.15) is 41.3 Å². The lowest BCUT2D eigenvalue weighted by molar-refractivity contribution is 0.0970. The minimum Gasteiger partial charge on any atom is -0.299 e. The second kappa shape index (κ2) is 5.72. The van der Waals surface area contributed by atoms with Crippen molar-refractivity contribution in [3.05, 3.63) is 57.8 Å². The van der Waals surface area contributed by atoms with Gasteiger partial charge in [0.1, 0.15) is 0 Å². The molecular weight excluding hydrogens is 264 g/mol. The highest BCUT2D eigenvalue weighted by molar-refractivity contribution is 5.96. The maximum Gasteiger partial charge on any atom is 0.328 e. The van der Waals surface area contributed by atoms with Crippen LogP contribution in [0.15, 0.2) is 35.4 Å². The molecule has 0 N–H and O–H groups in total. The average Bonchev–Trinajstić information content (AvgIpc) is 3.08. The molecule has 2 aromatic rings. The van der Waals surface area contributed by atoms with Gasteiger partial charge in [-0.15, -0.1) is 0 Å². The normalized spacial score (nSPS) is 13.4. The molecule has 1 aromatic carbocycles. The first-order valence-corrected chi connectivity index (χ1v) is 7.59. The van der Waals surface area contributed by atoms with Crippen LogP contribution in [0.4, 0.5) is 0 Å². The fourth-order valence-electron chi connectivity index (χ4n) is 2.98. The van der Waals surface area contributed by atoms with Crippen LogP contribution in [0, 0.1) is 0 Å². The Bertz CT molecular complexity index is 725. The third kappa shape index (κ3) is 2.71. The zero-order valence-corrected chi connectivity index (χ0v) is 12.3. The average molecular weight is 284 g/mol. The molecule has 0 radical (unpaired) electrons. The third-order valence-corrected chi connectivity index (χ3v) is 4.12. The SMILES string of the molecule is CCCn1ccn(CC(=O)c2ccc3c(c2)CCC3)c1=O. The monoisotopic (exact) mass is 284 g/mol. The molecule has 0 atom stereocenters. The van der Waals surface area contributed by atoms with Gasteiger partial charge in [0.2, 0.25) is 0 Å². The van der Waals surface area contributed by atoms with Crippen molar-refractivity contribution in [3.63, 3.8) is 0 Å². The van der Waals surface area contributed by atoms with Crippen molar-refractivity contribution in [2.24, 2.45) is 0 Å². The van der Waals surface area contributed by atoms with Crippen molar-refractivity contribution in [3.8, 4) is 0 Å². The molecule has 0 aliphatic heterocycles. The van der Waals surface area contributed by atoms with E-state index in [2.05, 4.69) is 6.07 Å². The van der Waals surface area contributed by atoms with Crippen LogP contribution in [0.25, 0.3) is 0 Å². The molecule has 0 bridgehead atoms. The molecule has 0 saturated carbocycles. The highest BCUT2D eigenvalue weighted by Gasteiger charge is 2.15. The maximum atomic E-state index is 12.4. The Hall–Kier alpha value is -2.10. The molecule has 4 heteroatoms. The number of imidazole rings is 1. The molecule has 1 aromatic heterocycles. The number of benzene rings is 1. The van der Waals surface area contributed by atoms with Crippen LogP contribution in [-0.4, -0.2) is 14.9 Å². The number of carbonyl (C=O) groups excluding carboxylic acids is 1. The summed E-state index contributed by atoms with van der Waals surface area (Å²) >= 11 is 0. The quantitative estimate of drug-likeness (QED) is 0.792. The van der Waals surface area contributed by atoms with Gasteiger partial charge in [-0.2, -0.15) is 0 Å². The van der Waals surface area contributed by atoms with E-state index in [-0.39, 0.29) is 18.0 Å². The van der Waals surface area contributed by atoms with Crippen LogP contribution in [-0.2, 0) is 25.9 Å². The first-order valence-electron chi connectivity index (χ1n) is 7.59. The van der Waals surface area contributed by atoms with Crippen LogP contribution in [0.5, 0.6) is 0 Å². The Morgan fingerprint density at radius 2 is 1.90 bits per heavy atom. The second-order valence-corrected chi connectivity index (χ2v) is 5.66. The summed E-state index contributed by atoms with van der Waals surface area (Å²) in [6, 6.07) is 5.94. The Kier molecular flexibility index (Phi) is 3.78. The number of Topliss-reactive ketones (excluding diaryl/α,β-unsaturated/α-hetero) is 1. The first kappa shape index (κ1) is 13.9. The number of hydrogen-bond acceptors (Lipinski definition) is 2. The topological polar surface area (TPSA) is 44.0 Å². The second-order valence-electron chi connectivity index (χ2n) is 5.66. The Morgan fingerprint density at radius 3 is 2.71 bits per heavy atom. The highest BCUT2D eigenvalue weighted by Crippen LogP contribution is 2.23. The Labute approximate surface area is 124 Å². The molecule has 1 aliphatic rings. The number of fused-ring (bicyclic) bond motifs is 1. The van der Waals surface area contributed by atoms with Gasteiger partial charge in [-0.25, -0.2) is 4.79 Å². The van der Waals surface area contributed by atoms with Gasteiger partial charge in [0.15, 0.2) is 5.78 Å². The summed E-state index contributed by atoms with van der Waals surface area (Å²) in [5, 5.41) is 0. The zero-order chi connectivity index (χ0) is 14.8. The number of rotatable bonds is 5. The summed E-state index contributed by atoms with van der Waals surface area (Å²) in [4.78, 5) is 24.5. The minimum absolute atomic E-state index is 0.000971. The van der Waals surface area contributed by atoms with E-state index in [0.29, 0.717) is 12.1 Å². The number of ketones is 1. The molecule has 1 heterocycles. The predicted molar refractivity (Wildman–Crippen MR) is 81.8 cm³/mol. The summed E-state index contributed by atoms with van der Waals surface area (Å²) < 4.78 is 3.14. The molecule has 0 spiro atoms. The van der Waals surface area contributed by atoms with Crippen LogP contribution >= 0.6 is 0 Å². The molecule has 0 fully saturated rings. The number of nitrogens with zero attached hydrogens (tertiary/aromatic N) is 2. The van der Waals surface area contributed by atoms with Gasteiger partial charge >= 0.3 is 5.69 Å². The lowest BCUT2D eigenvalue weighted by atomic mass is 10.0. The molecule has 0 saturated heterocycles. The van der Waals surface area contributed by atoms with Crippen molar-refractivity contribution >= 4 is 5.78 Å². The zero-order valence-electron chi connectivity index (χ0n) is 12.3. The Morgan fingerprint density at radius 1 is 1.14 bits per heavy atom. The third-order valence-electron chi connectivity index (χ3n) is 4.12. The minimum atomic E-state index is -0.105. The molecule has 110 valence electrons. The van der Waals surface area contributed by atoms with Crippen molar-refractivity contribution in [1.29, 1.82) is 0 Å². The molecule has 4 nitrogen and oxygen atoms in total. The predicted octanol–water partition coefficient (Wildman–Crippen LogP) is 2.43. The summed E-state index contributed by atoms with van der Waals surface area (Å²) in [5.74, 6) is 0.000971. The molecular formula is C17H20N2O2. The van der Waals surface area contributed by atoms with Gasteiger partial charge in [0, 0.05) is 24.5 Å². The van der Waals surface area contributed by atoms with Gasteiger partial charge < -0.3 is 0 Å². The maximum absolute atomic E-state index is 12.4. The molecule has 3 rings (SSSR count). The van der Waals surface area contributed by atoms with Gasteiger partial charge in [-0.3, -0.25) is 13.9 Å². The van der Waals surface area contributed by atoms with Crippen LogP contribution < -0.4 is 5.69 Å². The fraction of sp³-hybridized carbons (Fsp3) is 0.412. The lowest BCUT2D eigenvalue weighted by Gasteiger charge is -2.05. The van der Waals surface area contributed by atoms with E-state index < -0.39 is 0 Å². The van der Waals surface area contributed by atoms with Crippen molar-refractivity contribution in [2.75, 3.05) is 0 Å². The molecule has 21 heavy (non-hydrogen) atoms. The van der Waals surface area contributed by atoms with Crippen molar-refractivity contribution in [1.82, 2.24) is 9.13 Å². The van der Waals surface area contributed by atoms with E-state index in [1.807, 2.05) is 19.1 Å². The van der Waals surface area contributed by atoms with E-state index in [0.717, 1.165) is 19.3 Å². The smallest absolute Gasteiger partial charge is 0.299 e. The van der Waals surface area contributed by atoms with E-state index >= 15 is 0 Å². The molecule has 0 unspecified atom stereocenters. The van der Waals surface area contributed by atoms with E-state index in [1.165, 1.54) is 22.1 Å². The summed E-state index contributed by atoms with van der Waals surface area (Å²) in [7, 11) is 0. The lowest BCUT2D eigenvalue weighted by Crippen LogP contribution is -2.26. The molecule has 0 amide bonds. The standard InChI is InChI=1S/C17H20N2O2/c1-2-8-18-9-10-19(17(18)21)12-16(20)15-7-6-13-4-3-5-14(13)11-15/h6-7,9-11H,2-5,8,12H2,1H3. The van der Waals surface area contributed by atoms with E-state index in [1.54, 1.807) is 17.0 Å². The van der Waals surface area contributed by atoms with Crippen molar-refractivity contribution < 1.29 is 4.79 Å². The Balaban J connectivity index is 1.79. The number of aryl methyl sites for hydroxylation is 3. The van der Waals surface area contributed by atoms with Crippen LogP contribution in [0.3, 0.4) is 0 Å². The number of carbonyl (C=O) groups is 1. The van der Waals surface area contributed by atoms with Crippen molar-refractivity contribution in [2.45, 2.75) is 45.7 Å². The number of aromatic nitrogens is 2. The largest absolute Gasteiger partial charge is 0.328 e. The first-order chi connectivity index (χ1) is 10.2. The molecule has 1 aliphatic carbocycles. The van der Waals surface area contributed by atoms with Gasteiger partial charge in [-0.1, -0.05) is 19.1 Å². The van der Waals surface area contributed by atoms with Gasteiger partial charge in [0.25, 0.3) is 0 Å². The summed E-state index contributed by atoms with van der Waals surface area (Å²) in [6.07, 6.45) is 7.70. The van der Waals surface area contributed by atoms with Gasteiger partial charge in [-0.05, 0) is 42.9 Å². The summed E-state index contributed by atoms with van der Waals surface area (Å²) in [6.45, 7) is 2.84. The highest BCUT2D eigenvalue weighted by atomic mass is 16.2.